The normalized spacial score (nSPS) is 14.2. The van der Waals surface area contributed by atoms with Gasteiger partial charge in [-0.2, -0.15) is 0 Å². The van der Waals surface area contributed by atoms with Gasteiger partial charge >= 0.3 is 0 Å². The first-order valence-corrected chi connectivity index (χ1v) is 12.6. The van der Waals surface area contributed by atoms with Crippen molar-refractivity contribution in [1.82, 2.24) is 4.90 Å². The van der Waals surface area contributed by atoms with E-state index in [0.29, 0.717) is 5.84 Å². The van der Waals surface area contributed by atoms with Crippen LogP contribution in [0, 0.1) is 12.3 Å². The molecule has 4 heteroatoms. The van der Waals surface area contributed by atoms with E-state index < -0.39 is 0 Å². The number of nitrogens with zero attached hydrogens (tertiary/aromatic N) is 3. The monoisotopic (exact) mass is 484 g/mol. The number of fused-ring (bicyclic) bond motifs is 3. The van der Waals surface area contributed by atoms with Gasteiger partial charge in [0.15, 0.2) is 5.84 Å². The Morgan fingerprint density at radius 3 is 2.03 bits per heavy atom. The molecule has 37 heavy (non-hydrogen) atoms. The van der Waals surface area contributed by atoms with Crippen LogP contribution in [0.5, 0.6) is 0 Å². The van der Waals surface area contributed by atoms with Gasteiger partial charge < -0.3 is 4.90 Å². The molecular formula is C33H32N4. The number of hydrogen-bond acceptors (Lipinski definition) is 2. The van der Waals surface area contributed by atoms with Gasteiger partial charge in [-0.25, -0.2) is 9.98 Å². The molecule has 0 bridgehead atoms. The third-order valence-corrected chi connectivity index (χ3v) is 7.28. The van der Waals surface area contributed by atoms with E-state index in [4.69, 9.17) is 15.4 Å². The first-order chi connectivity index (χ1) is 17.8. The first-order valence-electron chi connectivity index (χ1n) is 12.6. The van der Waals surface area contributed by atoms with E-state index in [1.807, 2.05) is 79.5 Å². The number of hydrogen-bond donors (Lipinski definition) is 1. The molecule has 4 aromatic rings. The highest BCUT2D eigenvalue weighted by molar-refractivity contribution is 6.15. The Morgan fingerprint density at radius 2 is 1.35 bits per heavy atom. The number of aryl methyl sites for hydroxylation is 1. The quantitative estimate of drug-likeness (QED) is 0.234. The topological polar surface area (TPSA) is 51.8 Å². The predicted octanol–water partition coefficient (Wildman–Crippen LogP) is 7.76. The molecule has 4 aromatic carbocycles. The minimum atomic E-state index is -0.0782. The highest BCUT2D eigenvalue weighted by Gasteiger charge is 2.35. The van der Waals surface area contributed by atoms with Gasteiger partial charge in [0.05, 0.1) is 5.69 Å². The molecule has 0 aliphatic heterocycles. The van der Waals surface area contributed by atoms with E-state index in [1.54, 1.807) is 0 Å². The molecule has 5 rings (SSSR count). The van der Waals surface area contributed by atoms with Crippen molar-refractivity contribution in [2.75, 3.05) is 7.05 Å². The molecule has 0 radical (unpaired) electrons. The predicted molar refractivity (Wildman–Crippen MR) is 156 cm³/mol. The summed E-state index contributed by atoms with van der Waals surface area (Å²) in [6, 6.07) is 32.8. The fourth-order valence-corrected chi connectivity index (χ4v) is 5.05. The van der Waals surface area contributed by atoms with Crippen molar-refractivity contribution in [3.63, 3.8) is 0 Å². The molecule has 1 N–H and O–H groups in total. The second kappa shape index (κ2) is 9.62. The van der Waals surface area contributed by atoms with Gasteiger partial charge in [0.2, 0.25) is 0 Å². The van der Waals surface area contributed by atoms with E-state index in [9.17, 15) is 0 Å². The van der Waals surface area contributed by atoms with Crippen LogP contribution in [0.25, 0.3) is 11.1 Å². The third kappa shape index (κ3) is 4.51. The van der Waals surface area contributed by atoms with Gasteiger partial charge in [-0.05, 0) is 53.8 Å². The number of amidine groups is 3. The zero-order valence-electron chi connectivity index (χ0n) is 22.1. The van der Waals surface area contributed by atoms with Crippen LogP contribution in [0.1, 0.15) is 48.6 Å². The van der Waals surface area contributed by atoms with Crippen molar-refractivity contribution in [3.05, 3.63) is 125 Å². The van der Waals surface area contributed by atoms with Crippen LogP contribution >= 0.6 is 0 Å². The van der Waals surface area contributed by atoms with E-state index in [1.165, 1.54) is 22.3 Å². The van der Waals surface area contributed by atoms with E-state index >= 15 is 0 Å². The molecule has 4 nitrogen and oxygen atoms in total. The molecule has 0 spiro atoms. The highest BCUT2D eigenvalue weighted by Crippen LogP contribution is 2.50. The largest absolute Gasteiger partial charge is 0.317 e. The second-order valence-electron chi connectivity index (χ2n) is 10.1. The zero-order valence-corrected chi connectivity index (χ0v) is 22.1. The molecule has 0 heterocycles. The minimum absolute atomic E-state index is 0.0782. The molecule has 0 saturated carbocycles. The smallest absolute Gasteiger partial charge is 0.154 e. The van der Waals surface area contributed by atoms with Crippen LogP contribution in [0.4, 0.5) is 5.69 Å². The maximum absolute atomic E-state index is 8.64. The lowest BCUT2D eigenvalue weighted by Gasteiger charge is -2.23. The standard InChI is InChI=1S/C33H32N4/c1-22-20-27-26-18-12-13-19-28(26)33(3,4)29(27)21-30(22)35-23(2)37(5)32(25-16-10-7-11-17-25)36-31(34)24-14-8-6-9-15-24/h6-21,34H,1-5H3. The van der Waals surface area contributed by atoms with Crippen molar-refractivity contribution < 1.29 is 0 Å². The van der Waals surface area contributed by atoms with Crippen LogP contribution in [-0.4, -0.2) is 29.5 Å². The molecule has 0 aromatic heterocycles. The van der Waals surface area contributed by atoms with Crippen molar-refractivity contribution >= 4 is 23.2 Å². The molecule has 0 atom stereocenters. The molecule has 184 valence electrons. The molecule has 0 fully saturated rings. The van der Waals surface area contributed by atoms with Crippen molar-refractivity contribution in [1.29, 1.82) is 5.41 Å². The first kappa shape index (κ1) is 24.4. The van der Waals surface area contributed by atoms with Crippen LogP contribution in [0.15, 0.2) is 107 Å². The Morgan fingerprint density at radius 1 is 0.757 bits per heavy atom. The van der Waals surface area contributed by atoms with Gasteiger partial charge in [0.1, 0.15) is 11.7 Å². The summed E-state index contributed by atoms with van der Waals surface area (Å²) in [4.78, 5) is 11.8. The summed E-state index contributed by atoms with van der Waals surface area (Å²) < 4.78 is 0. The van der Waals surface area contributed by atoms with Gasteiger partial charge in [-0.15, -0.1) is 0 Å². The lowest BCUT2D eigenvalue weighted by molar-refractivity contribution is 0.660. The number of nitrogens with one attached hydrogen (secondary N) is 1. The van der Waals surface area contributed by atoms with Crippen LogP contribution in [-0.2, 0) is 5.41 Å². The molecule has 0 unspecified atom stereocenters. The maximum atomic E-state index is 8.64. The minimum Gasteiger partial charge on any atom is -0.317 e. The lowest BCUT2D eigenvalue weighted by Crippen LogP contribution is -2.33. The van der Waals surface area contributed by atoms with Crippen molar-refractivity contribution in [3.8, 4) is 11.1 Å². The Balaban J connectivity index is 1.55. The molecule has 0 amide bonds. The summed E-state index contributed by atoms with van der Waals surface area (Å²) in [5, 5.41) is 8.64. The fourth-order valence-electron chi connectivity index (χ4n) is 5.05. The average molecular weight is 485 g/mol. The Hall–Kier alpha value is -4.31. The number of rotatable bonds is 3. The summed E-state index contributed by atoms with van der Waals surface area (Å²) in [5.74, 6) is 1.70. The van der Waals surface area contributed by atoms with Gasteiger partial charge in [-0.1, -0.05) is 98.8 Å². The maximum Gasteiger partial charge on any atom is 0.154 e. The second-order valence-corrected chi connectivity index (χ2v) is 10.1. The molecular weight excluding hydrogens is 452 g/mol. The van der Waals surface area contributed by atoms with Gasteiger partial charge in [0.25, 0.3) is 0 Å². The van der Waals surface area contributed by atoms with Gasteiger partial charge in [0, 0.05) is 23.6 Å². The van der Waals surface area contributed by atoms with Crippen LogP contribution in [0.3, 0.4) is 0 Å². The summed E-state index contributed by atoms with van der Waals surface area (Å²) in [5.41, 5.74) is 8.99. The van der Waals surface area contributed by atoms with E-state index in [-0.39, 0.29) is 11.3 Å². The zero-order chi connectivity index (χ0) is 26.2. The third-order valence-electron chi connectivity index (χ3n) is 7.28. The van der Waals surface area contributed by atoms with Crippen molar-refractivity contribution in [2.24, 2.45) is 9.98 Å². The highest BCUT2D eigenvalue weighted by atomic mass is 15.2. The van der Waals surface area contributed by atoms with Crippen LogP contribution in [0.2, 0.25) is 0 Å². The number of benzene rings is 4. The summed E-state index contributed by atoms with van der Waals surface area (Å²) in [7, 11) is 1.96. The Bertz CT molecular complexity index is 1530. The SMILES string of the molecule is CC(=Nc1cc2c(cc1C)-c1ccccc1C2(C)C)N(C)C(=NC(=N)c1ccccc1)c1ccccc1. The van der Waals surface area contributed by atoms with E-state index in [2.05, 4.69) is 57.2 Å². The molecule has 0 saturated heterocycles. The van der Waals surface area contributed by atoms with Crippen LogP contribution < -0.4 is 0 Å². The molecule has 1 aliphatic carbocycles. The average Bonchev–Trinajstić information content (AvgIpc) is 3.14. The Labute approximate surface area is 219 Å². The summed E-state index contributed by atoms with van der Waals surface area (Å²) >= 11 is 0. The van der Waals surface area contributed by atoms with Gasteiger partial charge in [-0.3, -0.25) is 5.41 Å². The summed E-state index contributed by atoms with van der Waals surface area (Å²) in [6.07, 6.45) is 0. The molecule has 1 aliphatic rings. The lowest BCUT2D eigenvalue weighted by atomic mass is 9.82. The number of aliphatic imine (C=N–C) groups is 2. The fraction of sp³-hybridized carbons (Fsp3) is 0.182. The van der Waals surface area contributed by atoms with Crippen molar-refractivity contribution in [2.45, 2.75) is 33.1 Å². The Kier molecular flexibility index (Phi) is 6.34. The van der Waals surface area contributed by atoms with E-state index in [0.717, 1.165) is 28.2 Å². The summed E-state index contributed by atoms with van der Waals surface area (Å²) in [6.45, 7) is 8.69.